The molecule has 0 atom stereocenters. The van der Waals surface area contributed by atoms with Gasteiger partial charge in [0.15, 0.2) is 0 Å². The molecule has 174 valence electrons. The van der Waals surface area contributed by atoms with Crippen molar-refractivity contribution in [2.75, 3.05) is 6.61 Å². The molecule has 1 heterocycles. The van der Waals surface area contributed by atoms with Gasteiger partial charge in [-0.15, -0.1) is 11.3 Å². The third-order valence-corrected chi connectivity index (χ3v) is 5.58. The summed E-state index contributed by atoms with van der Waals surface area (Å²) >= 11 is 1.15. The maximum Gasteiger partial charge on any atom is 0.345 e. The average Bonchev–Trinajstić information content (AvgIpc) is 3.26. The zero-order valence-corrected chi connectivity index (χ0v) is 19.5. The predicted molar refractivity (Wildman–Crippen MR) is 126 cm³/mol. The van der Waals surface area contributed by atoms with E-state index in [1.54, 1.807) is 23.6 Å². The van der Waals surface area contributed by atoms with Gasteiger partial charge in [-0.1, -0.05) is 13.0 Å². The van der Waals surface area contributed by atoms with Gasteiger partial charge in [-0.2, -0.15) is 0 Å². The van der Waals surface area contributed by atoms with Gasteiger partial charge in [-0.05, 0) is 67.1 Å². The Balaban J connectivity index is 1.80. The maximum atomic E-state index is 14.5. The first-order valence-corrected chi connectivity index (χ1v) is 11.5. The van der Waals surface area contributed by atoms with Crippen LogP contribution in [0.1, 0.15) is 52.8 Å². The van der Waals surface area contributed by atoms with Crippen LogP contribution in [-0.4, -0.2) is 29.7 Å². The van der Waals surface area contributed by atoms with E-state index in [1.165, 1.54) is 12.1 Å². The number of thiophene rings is 1. The summed E-state index contributed by atoms with van der Waals surface area (Å²) in [5.41, 5.74) is 2.19. The molecule has 1 aromatic heterocycles. The molecule has 0 aliphatic carbocycles. The quantitative estimate of drug-likeness (QED) is 0.393. The van der Waals surface area contributed by atoms with Crippen molar-refractivity contribution in [3.05, 3.63) is 69.7 Å². The highest BCUT2D eigenvalue weighted by Gasteiger charge is 2.15. The Morgan fingerprint density at radius 3 is 2.55 bits per heavy atom. The van der Waals surface area contributed by atoms with E-state index in [0.717, 1.165) is 28.9 Å². The molecule has 0 spiro atoms. The minimum atomic E-state index is -0.978. The summed E-state index contributed by atoms with van der Waals surface area (Å²) in [6.07, 6.45) is 0.712. The maximum absolute atomic E-state index is 14.5. The van der Waals surface area contributed by atoms with Crippen molar-refractivity contribution in [3.63, 3.8) is 0 Å². The molecule has 0 bridgehead atoms. The summed E-state index contributed by atoms with van der Waals surface area (Å²) in [5, 5.41) is 13.7. The molecule has 0 aliphatic rings. The molecule has 2 aromatic carbocycles. The van der Waals surface area contributed by atoms with Gasteiger partial charge in [0.05, 0.1) is 18.3 Å². The van der Waals surface area contributed by atoms with Crippen molar-refractivity contribution < 1.29 is 28.6 Å². The van der Waals surface area contributed by atoms with E-state index in [1.807, 2.05) is 32.9 Å². The van der Waals surface area contributed by atoms with Crippen molar-refractivity contribution in [1.29, 1.82) is 0 Å². The van der Waals surface area contributed by atoms with E-state index in [-0.39, 0.29) is 23.1 Å². The monoisotopic (exact) mass is 471 g/mol. The number of carboxylic acids is 1. The van der Waals surface area contributed by atoms with Crippen LogP contribution < -0.4 is 14.8 Å². The summed E-state index contributed by atoms with van der Waals surface area (Å²) in [7, 11) is 0. The molecule has 33 heavy (non-hydrogen) atoms. The largest absolute Gasteiger partial charge is 0.493 e. The highest BCUT2D eigenvalue weighted by atomic mass is 32.1. The van der Waals surface area contributed by atoms with Gasteiger partial charge in [0.1, 0.15) is 22.2 Å². The number of halogens is 1. The lowest BCUT2D eigenvalue weighted by molar-refractivity contribution is 0.0702. The van der Waals surface area contributed by atoms with Gasteiger partial charge in [0, 0.05) is 18.2 Å². The van der Waals surface area contributed by atoms with Gasteiger partial charge < -0.3 is 19.9 Å². The first-order chi connectivity index (χ1) is 15.8. The highest BCUT2D eigenvalue weighted by Crippen LogP contribution is 2.30. The van der Waals surface area contributed by atoms with Crippen molar-refractivity contribution in [3.8, 4) is 22.6 Å². The molecule has 1 amide bonds. The normalized spacial score (nSPS) is 10.8. The van der Waals surface area contributed by atoms with Crippen LogP contribution in [0.4, 0.5) is 4.39 Å². The predicted octanol–water partition coefficient (Wildman–Crippen LogP) is 5.76. The summed E-state index contributed by atoms with van der Waals surface area (Å²) in [4.78, 5) is 24.1. The number of nitrogens with one attached hydrogen (secondary N) is 1. The lowest BCUT2D eigenvalue weighted by Crippen LogP contribution is -2.24. The van der Waals surface area contributed by atoms with Crippen molar-refractivity contribution in [1.82, 2.24) is 5.32 Å². The van der Waals surface area contributed by atoms with Gasteiger partial charge in [-0.3, -0.25) is 4.79 Å². The molecule has 0 saturated carbocycles. The fraction of sp³-hybridized carbons (Fsp3) is 0.280. The van der Waals surface area contributed by atoms with E-state index >= 15 is 0 Å². The molecule has 0 unspecified atom stereocenters. The minimum Gasteiger partial charge on any atom is -0.493 e. The zero-order valence-electron chi connectivity index (χ0n) is 18.7. The van der Waals surface area contributed by atoms with E-state index in [2.05, 4.69) is 5.32 Å². The molecule has 3 rings (SSSR count). The van der Waals surface area contributed by atoms with Gasteiger partial charge in [0.25, 0.3) is 5.91 Å². The molecule has 3 aromatic rings. The highest BCUT2D eigenvalue weighted by molar-refractivity contribution is 7.12. The summed E-state index contributed by atoms with van der Waals surface area (Å²) in [6.45, 7) is 6.29. The Kier molecular flexibility index (Phi) is 8.06. The molecule has 0 fully saturated rings. The van der Waals surface area contributed by atoms with Crippen LogP contribution in [-0.2, 0) is 6.54 Å². The molecule has 6 nitrogen and oxygen atoms in total. The number of amides is 1. The summed E-state index contributed by atoms with van der Waals surface area (Å²) in [5.74, 6) is -1.23. The zero-order chi connectivity index (χ0) is 24.0. The standard InChI is InChI=1S/C25H26FNO5S/c1-4-9-31-22-8-5-16(18-11-23(25(29)30)33-14-18)10-17(22)13-27-24(28)20-7-6-19(12-21(20)26)32-15(2)3/h5-8,10-12,14-15H,4,9,13H2,1-3H3,(H,27,28)(H,29,30). The van der Waals surface area contributed by atoms with Gasteiger partial charge in [0.2, 0.25) is 0 Å². The number of carbonyl (C=O) groups excluding carboxylic acids is 1. The number of hydrogen-bond acceptors (Lipinski definition) is 5. The molecular weight excluding hydrogens is 445 g/mol. The van der Waals surface area contributed by atoms with Gasteiger partial charge >= 0.3 is 5.97 Å². The Morgan fingerprint density at radius 2 is 1.91 bits per heavy atom. The average molecular weight is 472 g/mol. The first kappa shape index (κ1) is 24.3. The van der Waals surface area contributed by atoms with Crippen LogP contribution >= 0.6 is 11.3 Å². The fourth-order valence-electron chi connectivity index (χ4n) is 3.15. The van der Waals surface area contributed by atoms with Crippen LogP contribution in [0.2, 0.25) is 0 Å². The number of benzene rings is 2. The van der Waals surface area contributed by atoms with Crippen LogP contribution in [0.3, 0.4) is 0 Å². The summed E-state index contributed by atoms with van der Waals surface area (Å²) < 4.78 is 25.7. The van der Waals surface area contributed by atoms with Crippen LogP contribution in [0, 0.1) is 5.82 Å². The third-order valence-electron chi connectivity index (χ3n) is 4.66. The van der Waals surface area contributed by atoms with Crippen molar-refractivity contribution in [2.24, 2.45) is 0 Å². The van der Waals surface area contributed by atoms with E-state index in [4.69, 9.17) is 9.47 Å². The lowest BCUT2D eigenvalue weighted by Gasteiger charge is -2.14. The van der Waals surface area contributed by atoms with Crippen molar-refractivity contribution >= 4 is 23.2 Å². The molecule has 0 aliphatic heterocycles. The van der Waals surface area contributed by atoms with Crippen LogP contribution in [0.15, 0.2) is 47.8 Å². The number of rotatable bonds is 10. The molecule has 2 N–H and O–H groups in total. The minimum absolute atomic E-state index is 0.0813. The smallest absolute Gasteiger partial charge is 0.345 e. The van der Waals surface area contributed by atoms with Gasteiger partial charge in [-0.25, -0.2) is 9.18 Å². The molecule has 8 heteroatoms. The second kappa shape index (κ2) is 11.0. The number of ether oxygens (including phenoxy) is 2. The second-order valence-electron chi connectivity index (χ2n) is 7.67. The van der Waals surface area contributed by atoms with E-state index in [9.17, 15) is 19.1 Å². The first-order valence-electron chi connectivity index (χ1n) is 10.6. The number of carboxylic acid groups (broad SMARTS) is 1. The number of aromatic carboxylic acids is 1. The lowest BCUT2D eigenvalue weighted by atomic mass is 10.0. The van der Waals surface area contributed by atoms with E-state index in [0.29, 0.717) is 23.7 Å². The molecule has 0 radical (unpaired) electrons. The Labute approximate surface area is 196 Å². The molecule has 0 saturated heterocycles. The van der Waals surface area contributed by atoms with Crippen LogP contribution in [0.25, 0.3) is 11.1 Å². The second-order valence-corrected chi connectivity index (χ2v) is 8.58. The Hall–Kier alpha value is -3.39. The SMILES string of the molecule is CCCOc1ccc(-c2csc(C(=O)O)c2)cc1CNC(=O)c1ccc(OC(C)C)cc1F. The fourth-order valence-corrected chi connectivity index (χ4v) is 3.90. The third kappa shape index (κ3) is 6.32. The summed E-state index contributed by atoms with van der Waals surface area (Å²) in [6, 6.07) is 11.2. The van der Waals surface area contributed by atoms with E-state index < -0.39 is 17.7 Å². The van der Waals surface area contributed by atoms with Crippen LogP contribution in [0.5, 0.6) is 11.5 Å². The Morgan fingerprint density at radius 1 is 1.12 bits per heavy atom. The Bertz CT molecular complexity index is 1140. The molecular formula is C25H26FNO5S. The number of carbonyl (C=O) groups is 2. The number of hydrogen-bond donors (Lipinski definition) is 2. The van der Waals surface area contributed by atoms with Crippen molar-refractivity contribution in [2.45, 2.75) is 39.8 Å². The topological polar surface area (TPSA) is 84.9 Å².